The zero-order valence-corrected chi connectivity index (χ0v) is 12.3. The fourth-order valence-corrected chi connectivity index (χ4v) is 3.05. The van der Waals surface area contributed by atoms with Crippen LogP contribution in [0.5, 0.6) is 11.5 Å². The molecule has 0 radical (unpaired) electrons. The number of likely N-dealkylation sites (N-methyl/N-ethyl adjacent to an activating group) is 1. The minimum absolute atomic E-state index is 0.0557. The number of fused-ring (bicyclic) bond motifs is 1. The molecule has 1 heterocycles. The average Bonchev–Trinajstić information content (AvgIpc) is 2.76. The van der Waals surface area contributed by atoms with E-state index in [1.165, 1.54) is 0 Å². The lowest BCUT2D eigenvalue weighted by Gasteiger charge is -2.16. The highest BCUT2D eigenvalue weighted by molar-refractivity contribution is 9.10. The zero-order chi connectivity index (χ0) is 13.3. The van der Waals surface area contributed by atoms with Gasteiger partial charge in [0.1, 0.15) is 0 Å². The van der Waals surface area contributed by atoms with E-state index in [9.17, 15) is 4.79 Å². The number of nitrogens with one attached hydrogen (secondary N) is 1. The second kappa shape index (κ2) is 5.28. The SMILES string of the molecule is CNCC(=O)c1cc2c(c(Br)c1C(C)C)OCO2. The molecule has 0 aromatic heterocycles. The number of ketones is 1. The molecular formula is C13H16BrNO3. The van der Waals surface area contributed by atoms with Crippen LogP contribution in [-0.4, -0.2) is 26.2 Å². The van der Waals surface area contributed by atoms with Crippen LogP contribution in [-0.2, 0) is 0 Å². The average molecular weight is 314 g/mol. The first-order chi connectivity index (χ1) is 8.56. The molecule has 1 aliphatic rings. The van der Waals surface area contributed by atoms with Crippen LogP contribution in [0.4, 0.5) is 0 Å². The van der Waals surface area contributed by atoms with Crippen LogP contribution < -0.4 is 14.8 Å². The van der Waals surface area contributed by atoms with Crippen LogP contribution in [0.3, 0.4) is 0 Å². The molecule has 0 saturated heterocycles. The Hall–Kier alpha value is -1.07. The van der Waals surface area contributed by atoms with Gasteiger partial charge in [0.05, 0.1) is 11.0 Å². The molecule has 0 saturated carbocycles. The molecule has 1 aromatic carbocycles. The third-order valence-electron chi connectivity index (χ3n) is 2.86. The van der Waals surface area contributed by atoms with Crippen molar-refractivity contribution < 1.29 is 14.3 Å². The molecule has 0 fully saturated rings. The second-order valence-corrected chi connectivity index (χ2v) is 5.29. The Morgan fingerprint density at radius 2 is 2.22 bits per heavy atom. The van der Waals surface area contributed by atoms with Crippen molar-refractivity contribution in [2.45, 2.75) is 19.8 Å². The molecule has 0 spiro atoms. The number of hydrogen-bond acceptors (Lipinski definition) is 4. The molecule has 0 amide bonds. The van der Waals surface area contributed by atoms with E-state index >= 15 is 0 Å². The van der Waals surface area contributed by atoms with Crippen molar-refractivity contribution in [1.29, 1.82) is 0 Å². The Morgan fingerprint density at radius 1 is 1.50 bits per heavy atom. The molecule has 1 N–H and O–H groups in total. The summed E-state index contributed by atoms with van der Waals surface area (Å²) < 4.78 is 11.6. The highest BCUT2D eigenvalue weighted by atomic mass is 79.9. The third kappa shape index (κ3) is 2.24. The summed E-state index contributed by atoms with van der Waals surface area (Å²) in [5.41, 5.74) is 1.66. The predicted octanol–water partition coefficient (Wildman–Crippen LogP) is 2.70. The van der Waals surface area contributed by atoms with Crippen LogP contribution in [0.25, 0.3) is 0 Å². The number of hydrogen-bond donors (Lipinski definition) is 1. The quantitative estimate of drug-likeness (QED) is 0.868. The first-order valence-corrected chi connectivity index (χ1v) is 6.65. The maximum atomic E-state index is 12.1. The van der Waals surface area contributed by atoms with Crippen molar-refractivity contribution in [3.63, 3.8) is 0 Å². The van der Waals surface area contributed by atoms with Crippen molar-refractivity contribution >= 4 is 21.7 Å². The lowest BCUT2D eigenvalue weighted by molar-refractivity contribution is 0.0992. The summed E-state index contributed by atoms with van der Waals surface area (Å²) in [5, 5.41) is 2.88. The largest absolute Gasteiger partial charge is 0.454 e. The Kier molecular flexibility index (Phi) is 3.92. The fraction of sp³-hybridized carbons (Fsp3) is 0.462. The van der Waals surface area contributed by atoms with Gasteiger partial charge in [0.25, 0.3) is 0 Å². The van der Waals surface area contributed by atoms with Crippen molar-refractivity contribution in [3.05, 3.63) is 21.7 Å². The maximum Gasteiger partial charge on any atom is 0.231 e. The number of carbonyl (C=O) groups is 1. The van der Waals surface area contributed by atoms with Crippen molar-refractivity contribution in [2.75, 3.05) is 20.4 Å². The van der Waals surface area contributed by atoms with E-state index in [0.29, 0.717) is 23.6 Å². The van der Waals surface area contributed by atoms with Gasteiger partial charge in [0, 0.05) is 5.56 Å². The molecular weight excluding hydrogens is 298 g/mol. The first-order valence-electron chi connectivity index (χ1n) is 5.86. The molecule has 1 aliphatic heterocycles. The molecule has 1 aromatic rings. The summed E-state index contributed by atoms with van der Waals surface area (Å²) in [6.07, 6.45) is 0. The fourth-order valence-electron chi connectivity index (χ4n) is 2.07. The minimum atomic E-state index is 0.0557. The lowest BCUT2D eigenvalue weighted by Crippen LogP contribution is -2.20. The number of rotatable bonds is 4. The van der Waals surface area contributed by atoms with Gasteiger partial charge in [-0.2, -0.15) is 0 Å². The summed E-state index contributed by atoms with van der Waals surface area (Å²) in [7, 11) is 1.76. The molecule has 0 atom stereocenters. The molecule has 2 rings (SSSR count). The predicted molar refractivity (Wildman–Crippen MR) is 72.6 cm³/mol. The van der Waals surface area contributed by atoms with Crippen LogP contribution >= 0.6 is 15.9 Å². The van der Waals surface area contributed by atoms with Gasteiger partial charge in [0.2, 0.25) is 6.79 Å². The number of ether oxygens (including phenoxy) is 2. The normalized spacial score (nSPS) is 13.2. The van der Waals surface area contributed by atoms with Crippen molar-refractivity contribution in [1.82, 2.24) is 5.32 Å². The van der Waals surface area contributed by atoms with E-state index in [2.05, 4.69) is 35.1 Å². The summed E-state index contributed by atoms with van der Waals surface area (Å²) in [4.78, 5) is 12.1. The van der Waals surface area contributed by atoms with Crippen LogP contribution in [0, 0.1) is 0 Å². The van der Waals surface area contributed by atoms with E-state index in [4.69, 9.17) is 9.47 Å². The van der Waals surface area contributed by atoms with Gasteiger partial charge in [-0.15, -0.1) is 0 Å². The molecule has 98 valence electrons. The van der Waals surface area contributed by atoms with Crippen molar-refractivity contribution in [3.8, 4) is 11.5 Å². The first kappa shape index (κ1) is 13.4. The Labute approximate surface area is 115 Å². The maximum absolute atomic E-state index is 12.1. The summed E-state index contributed by atoms with van der Waals surface area (Å²) in [6, 6.07) is 1.78. The van der Waals surface area contributed by atoms with E-state index in [-0.39, 0.29) is 18.5 Å². The highest BCUT2D eigenvalue weighted by Crippen LogP contribution is 2.45. The van der Waals surface area contributed by atoms with E-state index < -0.39 is 0 Å². The summed E-state index contributed by atoms with van der Waals surface area (Å²) in [5.74, 6) is 1.61. The zero-order valence-electron chi connectivity index (χ0n) is 10.7. The minimum Gasteiger partial charge on any atom is -0.454 e. The van der Waals surface area contributed by atoms with E-state index in [1.54, 1.807) is 13.1 Å². The molecule has 0 unspecified atom stereocenters. The van der Waals surface area contributed by atoms with Gasteiger partial charge in [-0.25, -0.2) is 0 Å². The van der Waals surface area contributed by atoms with E-state index in [1.807, 2.05) is 0 Å². The number of halogens is 1. The number of benzene rings is 1. The number of carbonyl (C=O) groups excluding carboxylic acids is 1. The monoisotopic (exact) mass is 313 g/mol. The van der Waals surface area contributed by atoms with Gasteiger partial charge in [0.15, 0.2) is 17.3 Å². The summed E-state index contributed by atoms with van der Waals surface area (Å²) in [6.45, 7) is 4.62. The number of Topliss-reactive ketones (excluding diaryl/α,β-unsaturated/α-hetero) is 1. The third-order valence-corrected chi connectivity index (χ3v) is 3.65. The van der Waals surface area contributed by atoms with Gasteiger partial charge < -0.3 is 14.8 Å². The molecule has 0 bridgehead atoms. The van der Waals surface area contributed by atoms with Crippen LogP contribution in [0.2, 0.25) is 0 Å². The second-order valence-electron chi connectivity index (χ2n) is 4.49. The lowest BCUT2D eigenvalue weighted by atomic mass is 9.94. The topological polar surface area (TPSA) is 47.6 Å². The molecule has 0 aliphatic carbocycles. The molecule has 18 heavy (non-hydrogen) atoms. The van der Waals surface area contributed by atoms with Gasteiger partial charge >= 0.3 is 0 Å². The molecule has 5 heteroatoms. The van der Waals surface area contributed by atoms with Gasteiger partial charge in [-0.1, -0.05) is 13.8 Å². The van der Waals surface area contributed by atoms with Gasteiger partial charge in [-0.3, -0.25) is 4.79 Å². The van der Waals surface area contributed by atoms with E-state index in [0.717, 1.165) is 10.0 Å². The summed E-state index contributed by atoms with van der Waals surface area (Å²) >= 11 is 3.53. The highest BCUT2D eigenvalue weighted by Gasteiger charge is 2.26. The smallest absolute Gasteiger partial charge is 0.231 e. The standard InChI is InChI=1S/C13H16BrNO3/c1-7(2)11-8(9(16)5-15-3)4-10-13(12(11)14)18-6-17-10/h4,7,15H,5-6H2,1-3H3. The van der Waals surface area contributed by atoms with Crippen LogP contribution in [0.1, 0.15) is 35.7 Å². The molecule has 4 nitrogen and oxygen atoms in total. The van der Waals surface area contributed by atoms with Gasteiger partial charge in [-0.05, 0) is 40.5 Å². The Balaban J connectivity index is 2.57. The van der Waals surface area contributed by atoms with Crippen molar-refractivity contribution in [2.24, 2.45) is 0 Å². The van der Waals surface area contributed by atoms with Crippen LogP contribution in [0.15, 0.2) is 10.5 Å². The Morgan fingerprint density at radius 3 is 2.83 bits per heavy atom. The Bertz CT molecular complexity index is 486.